The minimum Gasteiger partial charge on any atom is -0.497 e. The van der Waals surface area contributed by atoms with Gasteiger partial charge in [-0.25, -0.2) is 0 Å². The number of ether oxygens (including phenoxy) is 1. The van der Waals surface area contributed by atoms with Gasteiger partial charge in [0.25, 0.3) is 0 Å². The fourth-order valence-electron chi connectivity index (χ4n) is 2.00. The van der Waals surface area contributed by atoms with Crippen LogP contribution in [0.1, 0.15) is 12.0 Å². The molecule has 1 aromatic rings. The fraction of sp³-hybridized carbons (Fsp3) is 0.385. The second kappa shape index (κ2) is 4.88. The Morgan fingerprint density at radius 3 is 3.06 bits per heavy atom. The fourth-order valence-corrected chi connectivity index (χ4v) is 2.00. The molecule has 4 nitrogen and oxygen atoms in total. The molecule has 1 aliphatic rings. The molecule has 0 bridgehead atoms. The van der Waals surface area contributed by atoms with E-state index < -0.39 is 0 Å². The van der Waals surface area contributed by atoms with Gasteiger partial charge in [-0.15, -0.1) is 0 Å². The quantitative estimate of drug-likeness (QED) is 0.792. The van der Waals surface area contributed by atoms with E-state index in [0.29, 0.717) is 19.5 Å². The highest BCUT2D eigenvalue weighted by atomic mass is 16.5. The molecular formula is C13H14N2O2. The van der Waals surface area contributed by atoms with Gasteiger partial charge in [-0.2, -0.15) is 5.26 Å². The summed E-state index contributed by atoms with van der Waals surface area (Å²) in [6, 6.07) is 9.78. The molecule has 0 spiro atoms. The molecule has 1 saturated heterocycles. The van der Waals surface area contributed by atoms with E-state index >= 15 is 0 Å². The second-order valence-electron chi connectivity index (χ2n) is 4.16. The molecular weight excluding hydrogens is 216 g/mol. The second-order valence-corrected chi connectivity index (χ2v) is 4.16. The first-order chi connectivity index (χ1) is 8.22. The van der Waals surface area contributed by atoms with Crippen LogP contribution in [0.15, 0.2) is 24.3 Å². The number of hydrogen-bond donors (Lipinski definition) is 0. The summed E-state index contributed by atoms with van der Waals surface area (Å²) in [4.78, 5) is 13.4. The monoisotopic (exact) mass is 230 g/mol. The first-order valence-corrected chi connectivity index (χ1v) is 5.53. The van der Waals surface area contributed by atoms with Gasteiger partial charge in [-0.3, -0.25) is 4.79 Å². The molecule has 1 atom stereocenters. The van der Waals surface area contributed by atoms with Crippen LogP contribution in [-0.4, -0.2) is 24.5 Å². The molecule has 1 amide bonds. The zero-order valence-corrected chi connectivity index (χ0v) is 9.72. The predicted molar refractivity (Wildman–Crippen MR) is 62.1 cm³/mol. The van der Waals surface area contributed by atoms with Crippen molar-refractivity contribution in [2.75, 3.05) is 13.7 Å². The van der Waals surface area contributed by atoms with E-state index in [1.165, 1.54) is 0 Å². The van der Waals surface area contributed by atoms with Gasteiger partial charge in [0.1, 0.15) is 5.75 Å². The molecule has 1 unspecified atom stereocenters. The molecule has 2 rings (SSSR count). The van der Waals surface area contributed by atoms with Crippen LogP contribution in [0.25, 0.3) is 0 Å². The number of rotatable bonds is 3. The molecule has 0 saturated carbocycles. The number of hydrogen-bond acceptors (Lipinski definition) is 3. The van der Waals surface area contributed by atoms with Crippen LogP contribution in [0.3, 0.4) is 0 Å². The highest BCUT2D eigenvalue weighted by molar-refractivity contribution is 5.79. The lowest BCUT2D eigenvalue weighted by atomic mass is 10.1. The Hall–Kier alpha value is -2.02. The third-order valence-electron chi connectivity index (χ3n) is 2.90. The number of nitriles is 1. The van der Waals surface area contributed by atoms with Crippen LogP contribution in [0.2, 0.25) is 0 Å². The topological polar surface area (TPSA) is 53.3 Å². The van der Waals surface area contributed by atoms with E-state index in [1.54, 1.807) is 12.0 Å². The van der Waals surface area contributed by atoms with E-state index in [1.807, 2.05) is 24.3 Å². The third kappa shape index (κ3) is 2.56. The van der Waals surface area contributed by atoms with Crippen molar-refractivity contribution < 1.29 is 9.53 Å². The summed E-state index contributed by atoms with van der Waals surface area (Å²) in [5.41, 5.74) is 1.02. The molecule has 0 aliphatic carbocycles. The van der Waals surface area contributed by atoms with Crippen LogP contribution in [0, 0.1) is 17.2 Å². The van der Waals surface area contributed by atoms with Crippen molar-refractivity contribution in [3.05, 3.63) is 29.8 Å². The van der Waals surface area contributed by atoms with Crippen molar-refractivity contribution >= 4 is 5.91 Å². The van der Waals surface area contributed by atoms with Crippen molar-refractivity contribution in [3.63, 3.8) is 0 Å². The summed E-state index contributed by atoms with van der Waals surface area (Å²) in [5, 5.41) is 8.80. The Morgan fingerprint density at radius 2 is 2.41 bits per heavy atom. The lowest BCUT2D eigenvalue weighted by Crippen LogP contribution is -2.24. The summed E-state index contributed by atoms with van der Waals surface area (Å²) in [5.74, 6) is 0.679. The smallest absolute Gasteiger partial charge is 0.224 e. The van der Waals surface area contributed by atoms with Crippen molar-refractivity contribution in [1.82, 2.24) is 4.90 Å². The zero-order chi connectivity index (χ0) is 12.3. The van der Waals surface area contributed by atoms with Gasteiger partial charge >= 0.3 is 0 Å². The van der Waals surface area contributed by atoms with Gasteiger partial charge in [0.15, 0.2) is 0 Å². The molecule has 0 N–H and O–H groups in total. The highest BCUT2D eigenvalue weighted by Gasteiger charge is 2.29. The molecule has 0 aromatic heterocycles. The normalized spacial score (nSPS) is 19.2. The Labute approximate surface area is 100 Å². The van der Waals surface area contributed by atoms with Gasteiger partial charge < -0.3 is 9.64 Å². The van der Waals surface area contributed by atoms with Gasteiger partial charge in [0.05, 0.1) is 19.1 Å². The maximum Gasteiger partial charge on any atom is 0.224 e. The zero-order valence-electron chi connectivity index (χ0n) is 9.72. The SMILES string of the molecule is COc1cccc(CN2CC(C#N)CC2=O)c1. The highest BCUT2D eigenvalue weighted by Crippen LogP contribution is 2.21. The summed E-state index contributed by atoms with van der Waals surface area (Å²) in [6.07, 6.45) is 0.348. The molecule has 1 heterocycles. The van der Waals surface area contributed by atoms with E-state index in [4.69, 9.17) is 10.00 Å². The number of methoxy groups -OCH3 is 1. The van der Waals surface area contributed by atoms with Gasteiger partial charge in [0, 0.05) is 19.5 Å². The summed E-state index contributed by atoms with van der Waals surface area (Å²) < 4.78 is 5.13. The predicted octanol–water partition coefficient (Wildman–Crippen LogP) is 1.57. The number of carbonyl (C=O) groups excluding carboxylic acids is 1. The summed E-state index contributed by atoms with van der Waals surface area (Å²) in [7, 11) is 1.62. The standard InChI is InChI=1S/C13H14N2O2/c1-17-12-4-2-3-10(5-12)8-15-9-11(7-14)6-13(15)16/h2-5,11H,6,8-9H2,1H3. The minimum atomic E-state index is -0.159. The van der Waals surface area contributed by atoms with Gasteiger partial charge in [-0.1, -0.05) is 12.1 Å². The maximum atomic E-state index is 11.6. The van der Waals surface area contributed by atoms with Crippen LogP contribution in [0.5, 0.6) is 5.75 Å². The van der Waals surface area contributed by atoms with Crippen molar-refractivity contribution in [2.24, 2.45) is 5.92 Å². The number of likely N-dealkylation sites (tertiary alicyclic amines) is 1. The molecule has 0 radical (unpaired) electrons. The summed E-state index contributed by atoms with van der Waals surface area (Å²) >= 11 is 0. The van der Waals surface area contributed by atoms with E-state index in [0.717, 1.165) is 11.3 Å². The number of amides is 1. The Morgan fingerprint density at radius 1 is 1.59 bits per heavy atom. The molecule has 88 valence electrons. The van der Waals surface area contributed by atoms with Crippen molar-refractivity contribution in [1.29, 1.82) is 5.26 Å². The van der Waals surface area contributed by atoms with Crippen LogP contribution in [-0.2, 0) is 11.3 Å². The van der Waals surface area contributed by atoms with Crippen molar-refractivity contribution in [2.45, 2.75) is 13.0 Å². The lowest BCUT2D eigenvalue weighted by Gasteiger charge is -2.16. The average molecular weight is 230 g/mol. The van der Waals surface area contributed by atoms with E-state index in [9.17, 15) is 4.79 Å². The van der Waals surface area contributed by atoms with Gasteiger partial charge in [-0.05, 0) is 17.7 Å². The minimum absolute atomic E-state index is 0.0550. The number of benzene rings is 1. The Balaban J connectivity index is 2.06. The molecule has 4 heteroatoms. The third-order valence-corrected chi connectivity index (χ3v) is 2.90. The first kappa shape index (κ1) is 11.5. The Bertz CT molecular complexity index is 465. The number of nitrogens with zero attached hydrogens (tertiary/aromatic N) is 2. The molecule has 17 heavy (non-hydrogen) atoms. The lowest BCUT2D eigenvalue weighted by molar-refractivity contribution is -0.128. The van der Waals surface area contributed by atoms with E-state index in [-0.39, 0.29) is 11.8 Å². The first-order valence-electron chi connectivity index (χ1n) is 5.53. The molecule has 1 aromatic carbocycles. The summed E-state index contributed by atoms with van der Waals surface area (Å²) in [6.45, 7) is 1.08. The molecule has 1 fully saturated rings. The van der Waals surface area contributed by atoms with Crippen LogP contribution < -0.4 is 4.74 Å². The van der Waals surface area contributed by atoms with E-state index in [2.05, 4.69) is 6.07 Å². The largest absolute Gasteiger partial charge is 0.497 e. The molecule has 1 aliphatic heterocycles. The van der Waals surface area contributed by atoms with Crippen LogP contribution in [0.4, 0.5) is 0 Å². The van der Waals surface area contributed by atoms with Crippen LogP contribution >= 0.6 is 0 Å². The number of carbonyl (C=O) groups is 1. The maximum absolute atomic E-state index is 11.6. The average Bonchev–Trinajstić information content (AvgIpc) is 2.70. The van der Waals surface area contributed by atoms with Crippen molar-refractivity contribution in [3.8, 4) is 11.8 Å². The Kier molecular flexibility index (Phi) is 3.29. The van der Waals surface area contributed by atoms with Gasteiger partial charge in [0.2, 0.25) is 5.91 Å².